The van der Waals surface area contributed by atoms with Crippen LogP contribution in [0.2, 0.25) is 0 Å². The predicted octanol–water partition coefficient (Wildman–Crippen LogP) is 3.77. The van der Waals surface area contributed by atoms with Crippen molar-refractivity contribution >= 4 is 18.1 Å². The van der Waals surface area contributed by atoms with Gasteiger partial charge in [0, 0.05) is 58.0 Å². The molecule has 38 heavy (non-hydrogen) atoms. The van der Waals surface area contributed by atoms with Crippen LogP contribution in [0.5, 0.6) is 0 Å². The highest BCUT2D eigenvalue weighted by molar-refractivity contribution is 5.68. The van der Waals surface area contributed by atoms with Crippen LogP contribution >= 0.6 is 0 Å². The topological polar surface area (TPSA) is 56.3 Å². The first-order valence-corrected chi connectivity index (χ1v) is 11.4. The number of aldehydes is 1. The first kappa shape index (κ1) is 29.8. The Bertz CT molecular complexity index is 978. The summed E-state index contributed by atoms with van der Waals surface area (Å²) < 4.78 is 120. The number of anilines is 1. The van der Waals surface area contributed by atoms with Gasteiger partial charge in [-0.15, -0.1) is 0 Å². The average Bonchev–Trinajstić information content (AvgIpc) is 2.81. The SMILES string of the molecule is CN1CCN(c2cc(C(F)(F)F)ccc2CN2CCN(C(=O)OC(C(F)(F)F)C(F)(F)F)CC2)CC1C=O. The predicted molar refractivity (Wildman–Crippen MR) is 115 cm³/mol. The lowest BCUT2D eigenvalue weighted by atomic mass is 10.0. The third kappa shape index (κ3) is 7.21. The highest BCUT2D eigenvalue weighted by Gasteiger charge is 2.60. The quantitative estimate of drug-likeness (QED) is 0.401. The lowest BCUT2D eigenvalue weighted by molar-refractivity contribution is -0.308. The minimum absolute atomic E-state index is 0.0258. The maximum Gasteiger partial charge on any atom is 0.434 e. The number of benzene rings is 1. The van der Waals surface area contributed by atoms with Gasteiger partial charge in [0.2, 0.25) is 0 Å². The number of likely N-dealkylation sites (N-methyl/N-ethyl adjacent to an activating group) is 1. The molecule has 2 aliphatic rings. The molecule has 16 heteroatoms. The molecule has 0 bridgehead atoms. The van der Waals surface area contributed by atoms with E-state index < -0.39 is 42.3 Å². The van der Waals surface area contributed by atoms with Crippen LogP contribution in [-0.4, -0.2) is 104 Å². The molecular weight excluding hydrogens is 539 g/mol. The van der Waals surface area contributed by atoms with Crippen molar-refractivity contribution < 1.29 is 53.8 Å². The number of hydrogen-bond acceptors (Lipinski definition) is 6. The van der Waals surface area contributed by atoms with E-state index in [1.54, 1.807) is 21.7 Å². The van der Waals surface area contributed by atoms with Crippen molar-refractivity contribution in [3.63, 3.8) is 0 Å². The molecule has 1 aromatic carbocycles. The van der Waals surface area contributed by atoms with E-state index in [-0.39, 0.29) is 45.0 Å². The van der Waals surface area contributed by atoms with Crippen molar-refractivity contribution in [2.45, 2.75) is 37.2 Å². The van der Waals surface area contributed by atoms with Gasteiger partial charge in [0.15, 0.2) is 0 Å². The molecule has 0 N–H and O–H groups in total. The molecule has 0 spiro atoms. The summed E-state index contributed by atoms with van der Waals surface area (Å²) in [5.74, 6) is 0. The molecule has 1 unspecified atom stereocenters. The van der Waals surface area contributed by atoms with Crippen LogP contribution in [0.25, 0.3) is 0 Å². The Kier molecular flexibility index (Phi) is 8.75. The van der Waals surface area contributed by atoms with E-state index >= 15 is 0 Å². The van der Waals surface area contributed by atoms with E-state index in [2.05, 4.69) is 4.74 Å². The van der Waals surface area contributed by atoms with Crippen LogP contribution < -0.4 is 4.90 Å². The van der Waals surface area contributed by atoms with E-state index in [4.69, 9.17) is 0 Å². The Hall–Kier alpha value is -2.75. The van der Waals surface area contributed by atoms with E-state index in [9.17, 15) is 49.1 Å². The van der Waals surface area contributed by atoms with Crippen molar-refractivity contribution in [1.29, 1.82) is 0 Å². The fourth-order valence-corrected chi connectivity index (χ4v) is 4.26. The summed E-state index contributed by atoms with van der Waals surface area (Å²) in [6.07, 6.45) is -21.6. The minimum Gasteiger partial charge on any atom is -0.426 e. The highest BCUT2D eigenvalue weighted by atomic mass is 19.4. The molecule has 0 aliphatic carbocycles. The molecule has 214 valence electrons. The van der Waals surface area contributed by atoms with Gasteiger partial charge in [-0.3, -0.25) is 9.80 Å². The summed E-state index contributed by atoms with van der Waals surface area (Å²) in [6.45, 7) is 0.592. The van der Waals surface area contributed by atoms with Gasteiger partial charge in [0.1, 0.15) is 6.29 Å². The maximum absolute atomic E-state index is 13.4. The third-order valence-corrected chi connectivity index (χ3v) is 6.44. The zero-order valence-electron chi connectivity index (χ0n) is 20.0. The van der Waals surface area contributed by atoms with Crippen LogP contribution in [0.1, 0.15) is 11.1 Å². The van der Waals surface area contributed by atoms with Crippen LogP contribution in [-0.2, 0) is 22.3 Å². The number of rotatable bonds is 5. The number of alkyl halides is 9. The summed E-state index contributed by atoms with van der Waals surface area (Å²) in [5, 5.41) is 0. The first-order chi connectivity index (χ1) is 17.5. The molecule has 1 amide bonds. The molecule has 0 saturated carbocycles. The van der Waals surface area contributed by atoms with Gasteiger partial charge in [-0.2, -0.15) is 39.5 Å². The summed E-state index contributed by atoms with van der Waals surface area (Å²) in [6, 6.07) is 2.67. The second-order valence-corrected chi connectivity index (χ2v) is 9.08. The molecule has 2 aliphatic heterocycles. The Morgan fingerprint density at radius 1 is 0.974 bits per heavy atom. The third-order valence-electron chi connectivity index (χ3n) is 6.44. The molecule has 0 aromatic heterocycles. The minimum atomic E-state index is -5.83. The van der Waals surface area contributed by atoms with E-state index in [1.807, 2.05) is 0 Å². The van der Waals surface area contributed by atoms with Gasteiger partial charge in [-0.05, 0) is 24.7 Å². The van der Waals surface area contributed by atoms with E-state index in [0.717, 1.165) is 12.1 Å². The summed E-state index contributed by atoms with van der Waals surface area (Å²) in [7, 11) is 1.72. The monoisotopic (exact) mass is 564 g/mol. The summed E-state index contributed by atoms with van der Waals surface area (Å²) >= 11 is 0. The number of carbonyl (C=O) groups excluding carboxylic acids is 2. The molecular formula is C22H25F9N4O3. The maximum atomic E-state index is 13.4. The Labute approximate surface area is 211 Å². The summed E-state index contributed by atoms with van der Waals surface area (Å²) in [5.41, 5.74) is -0.133. The molecule has 2 fully saturated rings. The number of amides is 1. The van der Waals surface area contributed by atoms with Crippen molar-refractivity contribution in [2.75, 3.05) is 57.8 Å². The standard InChI is InChI=1S/C22H25F9N4O3/c1-32-4-7-35(12-16(32)13-36)17-10-15(20(23,24)25)3-2-14(17)11-33-5-8-34(9-6-33)19(37)38-18(21(26,27)28)22(29,30)31/h2-3,10,13,16,18H,4-9,11-12H2,1H3. The summed E-state index contributed by atoms with van der Waals surface area (Å²) in [4.78, 5) is 29.3. The molecule has 1 aromatic rings. The zero-order chi connectivity index (χ0) is 28.5. The fraction of sp³-hybridized carbons (Fsp3) is 0.636. The van der Waals surface area contributed by atoms with E-state index in [1.165, 1.54) is 6.07 Å². The van der Waals surface area contributed by atoms with Crippen molar-refractivity contribution in [3.8, 4) is 0 Å². The smallest absolute Gasteiger partial charge is 0.426 e. The highest BCUT2D eigenvalue weighted by Crippen LogP contribution is 2.37. The molecule has 1 atom stereocenters. The fourth-order valence-electron chi connectivity index (χ4n) is 4.26. The normalized spacial score (nSPS) is 20.7. The van der Waals surface area contributed by atoms with Crippen LogP contribution in [0.4, 0.5) is 50.0 Å². The van der Waals surface area contributed by atoms with Gasteiger partial charge >= 0.3 is 24.6 Å². The van der Waals surface area contributed by atoms with Crippen molar-refractivity contribution in [1.82, 2.24) is 14.7 Å². The van der Waals surface area contributed by atoms with Gasteiger partial charge in [0.25, 0.3) is 6.10 Å². The zero-order valence-corrected chi connectivity index (χ0v) is 20.0. The Balaban J connectivity index is 1.71. The molecule has 3 rings (SSSR count). The average molecular weight is 564 g/mol. The van der Waals surface area contributed by atoms with Gasteiger partial charge in [-0.25, -0.2) is 4.79 Å². The number of halogens is 9. The molecule has 2 saturated heterocycles. The first-order valence-electron chi connectivity index (χ1n) is 11.4. The Morgan fingerprint density at radius 2 is 1.58 bits per heavy atom. The van der Waals surface area contributed by atoms with Crippen LogP contribution in [0.3, 0.4) is 0 Å². The van der Waals surface area contributed by atoms with Crippen LogP contribution in [0.15, 0.2) is 18.2 Å². The van der Waals surface area contributed by atoms with Gasteiger partial charge in [0.05, 0.1) is 11.6 Å². The largest absolute Gasteiger partial charge is 0.434 e. The lowest BCUT2D eigenvalue weighted by Crippen LogP contribution is -2.53. The molecule has 0 radical (unpaired) electrons. The number of nitrogens with zero attached hydrogens (tertiary/aromatic N) is 4. The number of hydrogen-bond donors (Lipinski definition) is 0. The van der Waals surface area contributed by atoms with Crippen molar-refractivity contribution in [2.24, 2.45) is 0 Å². The van der Waals surface area contributed by atoms with E-state index in [0.29, 0.717) is 29.8 Å². The van der Waals surface area contributed by atoms with Gasteiger partial charge in [-0.1, -0.05) is 6.07 Å². The Morgan fingerprint density at radius 3 is 2.11 bits per heavy atom. The number of ether oxygens (including phenoxy) is 1. The second-order valence-electron chi connectivity index (χ2n) is 9.08. The lowest BCUT2D eigenvalue weighted by Gasteiger charge is -2.40. The number of piperazine rings is 2. The number of carbonyl (C=O) groups is 2. The molecule has 2 heterocycles. The molecule has 7 nitrogen and oxygen atoms in total. The second kappa shape index (κ2) is 11.2. The van der Waals surface area contributed by atoms with Gasteiger partial charge < -0.3 is 19.3 Å². The van der Waals surface area contributed by atoms with Crippen LogP contribution in [0, 0.1) is 0 Å². The van der Waals surface area contributed by atoms with Crippen molar-refractivity contribution in [3.05, 3.63) is 29.3 Å².